The van der Waals surface area contributed by atoms with E-state index in [1.165, 1.54) is 12.8 Å². The van der Waals surface area contributed by atoms with Gasteiger partial charge in [0.25, 0.3) is 0 Å². The minimum absolute atomic E-state index is 0.799. The molecule has 0 heterocycles. The molecule has 0 saturated heterocycles. The molecule has 0 nitrogen and oxygen atoms in total. The van der Waals surface area contributed by atoms with Crippen LogP contribution in [0.2, 0.25) is 14.8 Å². The van der Waals surface area contributed by atoms with Crippen LogP contribution >= 0.6 is 11.6 Å². The molecule has 11 heavy (non-hydrogen) atoms. The van der Waals surface area contributed by atoms with Crippen LogP contribution in [0.1, 0.15) is 19.3 Å². The number of allylic oxidation sites excluding steroid dienone is 1. The third kappa shape index (κ3) is 6.03. The predicted molar refractivity (Wildman–Crippen MR) is 57.1 cm³/mol. The van der Waals surface area contributed by atoms with Gasteiger partial charge in [0.2, 0.25) is 0 Å². The molecule has 0 spiro atoms. The molecule has 0 bridgehead atoms. The first-order chi connectivity index (χ1) is 4.98. The Hall–Kier alpha value is 0.829. The molecule has 0 aromatic carbocycles. The summed E-state index contributed by atoms with van der Waals surface area (Å²) in [6.45, 7) is 4.15. The van der Waals surface area contributed by atoms with Gasteiger partial charge in [0, 0.05) is 0 Å². The van der Waals surface area contributed by atoms with Gasteiger partial charge >= 0.3 is 80.1 Å². The van der Waals surface area contributed by atoms with Crippen LogP contribution in [0.3, 0.4) is 0 Å². The van der Waals surface area contributed by atoms with Crippen molar-refractivity contribution in [1.29, 1.82) is 0 Å². The maximum atomic E-state index is 5.59. The average molecular weight is 281 g/mol. The van der Waals surface area contributed by atoms with Gasteiger partial charge in [-0.15, -0.1) is 0 Å². The number of hydrogen-bond donors (Lipinski definition) is 0. The fraction of sp³-hybridized carbons (Fsp3) is 0.778. The monoisotopic (exact) mass is 282 g/mol. The van der Waals surface area contributed by atoms with E-state index >= 15 is 0 Å². The number of alkyl halides is 1. The van der Waals surface area contributed by atoms with Crippen LogP contribution in [0.25, 0.3) is 0 Å². The Balaban J connectivity index is 3.54. The first-order valence-corrected chi connectivity index (χ1v) is 14.7. The molecule has 0 unspecified atom stereocenters. The van der Waals surface area contributed by atoms with Crippen LogP contribution in [0.5, 0.6) is 0 Å². The fourth-order valence-corrected chi connectivity index (χ4v) is 3.64. The summed E-state index contributed by atoms with van der Waals surface area (Å²) in [4.78, 5) is 7.24. The van der Waals surface area contributed by atoms with Crippen molar-refractivity contribution in [3.8, 4) is 0 Å². The van der Waals surface area contributed by atoms with Crippen molar-refractivity contribution in [2.45, 2.75) is 34.1 Å². The number of rotatable bonds is 5. The Morgan fingerprint density at radius 3 is 2.18 bits per heavy atom. The molecular formula is C9H19ClSn. The molecule has 0 aliphatic heterocycles. The first-order valence-electron chi connectivity index (χ1n) is 4.22. The van der Waals surface area contributed by atoms with Crippen molar-refractivity contribution >= 4 is 30.0 Å². The number of hydrogen-bond acceptors (Lipinski definition) is 0. The van der Waals surface area contributed by atoms with Gasteiger partial charge in [-0.2, -0.15) is 0 Å². The van der Waals surface area contributed by atoms with E-state index in [0.717, 1.165) is 12.3 Å². The zero-order valence-corrected chi connectivity index (χ0v) is 11.5. The summed E-state index contributed by atoms with van der Waals surface area (Å²) in [6.07, 6.45) is 3.59. The Bertz CT molecular complexity index is 124. The van der Waals surface area contributed by atoms with Crippen molar-refractivity contribution in [2.24, 2.45) is 0 Å². The van der Waals surface area contributed by atoms with Crippen LogP contribution in [0, 0.1) is 0 Å². The summed E-state index contributed by atoms with van der Waals surface area (Å²) in [5, 5.41) is 0. The van der Waals surface area contributed by atoms with Crippen LogP contribution in [0.4, 0.5) is 0 Å². The molecule has 0 N–H and O–H groups in total. The van der Waals surface area contributed by atoms with Gasteiger partial charge in [0.05, 0.1) is 0 Å². The van der Waals surface area contributed by atoms with E-state index in [1.54, 1.807) is 3.59 Å². The quantitative estimate of drug-likeness (QED) is 0.408. The van der Waals surface area contributed by atoms with E-state index in [9.17, 15) is 0 Å². The van der Waals surface area contributed by atoms with Gasteiger partial charge in [-0.25, -0.2) is 0 Å². The SMILES string of the molecule is C=[C](CCCCCl)[Sn]([CH3])([CH3])[CH3]. The third-order valence-electron chi connectivity index (χ3n) is 1.92. The number of halogens is 1. The summed E-state index contributed by atoms with van der Waals surface area (Å²) >= 11 is 3.86. The van der Waals surface area contributed by atoms with Crippen molar-refractivity contribution in [3.63, 3.8) is 0 Å². The second kappa shape index (κ2) is 5.47. The van der Waals surface area contributed by atoms with E-state index < -0.39 is 18.4 Å². The molecule has 0 fully saturated rings. The first kappa shape index (κ1) is 11.8. The fourth-order valence-electron chi connectivity index (χ4n) is 0.808. The predicted octanol–water partition coefficient (Wildman–Crippen LogP) is 3.83. The van der Waals surface area contributed by atoms with Crippen molar-refractivity contribution in [2.75, 3.05) is 5.88 Å². The van der Waals surface area contributed by atoms with Gasteiger partial charge in [-0.05, 0) is 0 Å². The molecule has 0 aromatic heterocycles. The van der Waals surface area contributed by atoms with Gasteiger partial charge in [0.15, 0.2) is 0 Å². The number of unbranched alkanes of at least 4 members (excludes halogenated alkanes) is 1. The minimum atomic E-state index is -1.72. The van der Waals surface area contributed by atoms with Crippen molar-refractivity contribution < 1.29 is 0 Å². The van der Waals surface area contributed by atoms with Crippen molar-refractivity contribution in [3.05, 3.63) is 10.2 Å². The van der Waals surface area contributed by atoms with Crippen LogP contribution in [-0.4, -0.2) is 24.3 Å². The van der Waals surface area contributed by atoms with Gasteiger partial charge < -0.3 is 0 Å². The second-order valence-corrected chi connectivity index (χ2v) is 19.2. The standard InChI is InChI=1S/C6H10Cl.3CH3.Sn/c1-2-3-4-5-6-7;;;;/h1,3-6H2;3*1H3;. The molecule has 0 aliphatic carbocycles. The van der Waals surface area contributed by atoms with Gasteiger partial charge in [-0.1, -0.05) is 0 Å². The Kier molecular flexibility index (Phi) is 5.88. The van der Waals surface area contributed by atoms with E-state index in [-0.39, 0.29) is 0 Å². The summed E-state index contributed by atoms with van der Waals surface area (Å²) in [5.74, 6) is 0.799. The molecule has 2 heteroatoms. The molecule has 0 aromatic rings. The van der Waals surface area contributed by atoms with Crippen LogP contribution in [-0.2, 0) is 0 Å². The van der Waals surface area contributed by atoms with E-state index in [4.69, 9.17) is 11.6 Å². The normalized spacial score (nSPS) is 11.6. The molecular weight excluding hydrogens is 262 g/mol. The van der Waals surface area contributed by atoms with Crippen molar-refractivity contribution in [1.82, 2.24) is 0 Å². The summed E-state index contributed by atoms with van der Waals surface area (Å²) in [6, 6.07) is 0. The molecule has 0 rings (SSSR count). The van der Waals surface area contributed by atoms with Crippen LogP contribution in [0.15, 0.2) is 10.2 Å². The molecule has 0 amide bonds. The molecule has 0 atom stereocenters. The topological polar surface area (TPSA) is 0 Å². The average Bonchev–Trinajstić information content (AvgIpc) is 1.86. The van der Waals surface area contributed by atoms with E-state index in [0.29, 0.717) is 0 Å². The Morgan fingerprint density at radius 1 is 1.27 bits per heavy atom. The zero-order chi connectivity index (χ0) is 8.91. The maximum absolute atomic E-state index is 5.59. The molecule has 0 aliphatic rings. The zero-order valence-electron chi connectivity index (χ0n) is 7.91. The van der Waals surface area contributed by atoms with E-state index in [1.807, 2.05) is 0 Å². The van der Waals surface area contributed by atoms with E-state index in [2.05, 4.69) is 21.4 Å². The van der Waals surface area contributed by atoms with Gasteiger partial charge in [-0.3, -0.25) is 0 Å². The third-order valence-corrected chi connectivity index (χ3v) is 8.96. The second-order valence-electron chi connectivity index (χ2n) is 4.00. The summed E-state index contributed by atoms with van der Waals surface area (Å²) in [5.41, 5.74) is 0. The summed E-state index contributed by atoms with van der Waals surface area (Å²) < 4.78 is 1.55. The molecule has 66 valence electrons. The molecule has 0 saturated carbocycles. The van der Waals surface area contributed by atoms with Gasteiger partial charge in [0.1, 0.15) is 0 Å². The Labute approximate surface area is 79.9 Å². The summed E-state index contributed by atoms with van der Waals surface area (Å²) in [7, 11) is 0. The Morgan fingerprint density at radius 2 is 1.82 bits per heavy atom. The van der Waals surface area contributed by atoms with Crippen LogP contribution < -0.4 is 0 Å². The molecule has 0 radical (unpaired) electrons.